The molecule has 1 heterocycles. The van der Waals surface area contributed by atoms with Gasteiger partial charge in [0.2, 0.25) is 5.91 Å². The van der Waals surface area contributed by atoms with Crippen LogP contribution in [0, 0.1) is 5.92 Å². The van der Waals surface area contributed by atoms with E-state index in [4.69, 9.17) is 9.47 Å². The standard InChI is InChI=1S/C18H25F3N2O3/c1-3-26-15-5-4-13(10-16(15)25-2)11-22-17(24)14-6-8-23(9-7-14)12-18(19,20)21/h4-5,10,14H,3,6-9,11-12H2,1-2H3,(H,22,24). The molecule has 0 spiro atoms. The van der Waals surface area contributed by atoms with Crippen LogP contribution in [0.25, 0.3) is 0 Å². The van der Waals surface area contributed by atoms with Gasteiger partial charge in [-0.2, -0.15) is 13.2 Å². The van der Waals surface area contributed by atoms with Crippen molar-refractivity contribution in [1.82, 2.24) is 10.2 Å². The van der Waals surface area contributed by atoms with Gasteiger partial charge >= 0.3 is 6.18 Å². The lowest BCUT2D eigenvalue weighted by Crippen LogP contribution is -2.43. The first kappa shape index (κ1) is 20.4. The molecule has 0 bridgehead atoms. The maximum atomic E-state index is 12.4. The summed E-state index contributed by atoms with van der Waals surface area (Å²) in [5.74, 6) is 0.870. The van der Waals surface area contributed by atoms with E-state index in [1.165, 1.54) is 4.90 Å². The molecule has 0 unspecified atom stereocenters. The highest BCUT2D eigenvalue weighted by Crippen LogP contribution is 2.28. The number of carbonyl (C=O) groups excluding carboxylic acids is 1. The molecule has 0 atom stereocenters. The van der Waals surface area contributed by atoms with E-state index in [9.17, 15) is 18.0 Å². The van der Waals surface area contributed by atoms with E-state index in [-0.39, 0.29) is 24.9 Å². The van der Waals surface area contributed by atoms with Crippen LogP contribution in [0.4, 0.5) is 13.2 Å². The normalized spacial score (nSPS) is 16.3. The minimum Gasteiger partial charge on any atom is -0.493 e. The van der Waals surface area contributed by atoms with Crippen LogP contribution in [0.5, 0.6) is 11.5 Å². The largest absolute Gasteiger partial charge is 0.493 e. The fourth-order valence-corrected chi connectivity index (χ4v) is 3.04. The minimum absolute atomic E-state index is 0.121. The summed E-state index contributed by atoms with van der Waals surface area (Å²) in [5.41, 5.74) is 0.869. The molecule has 1 fully saturated rings. The van der Waals surface area contributed by atoms with E-state index in [1.54, 1.807) is 19.2 Å². The molecule has 2 rings (SSSR count). The topological polar surface area (TPSA) is 50.8 Å². The van der Waals surface area contributed by atoms with Crippen LogP contribution in [0.2, 0.25) is 0 Å². The van der Waals surface area contributed by atoms with Gasteiger partial charge in [0.15, 0.2) is 11.5 Å². The van der Waals surface area contributed by atoms with Gasteiger partial charge in [0.25, 0.3) is 0 Å². The number of hydrogen-bond acceptors (Lipinski definition) is 4. The number of halogens is 3. The average molecular weight is 374 g/mol. The van der Waals surface area contributed by atoms with Crippen LogP contribution < -0.4 is 14.8 Å². The van der Waals surface area contributed by atoms with Gasteiger partial charge in [0.1, 0.15) is 0 Å². The summed E-state index contributed by atoms with van der Waals surface area (Å²) in [4.78, 5) is 13.6. The zero-order valence-electron chi connectivity index (χ0n) is 15.1. The Kier molecular flexibility index (Phi) is 7.14. The highest BCUT2D eigenvalue weighted by atomic mass is 19.4. The van der Waals surface area contributed by atoms with Gasteiger partial charge in [-0.25, -0.2) is 0 Å². The molecule has 8 heteroatoms. The number of piperidine rings is 1. The molecule has 1 aliphatic rings. The van der Waals surface area contributed by atoms with E-state index in [0.717, 1.165) is 5.56 Å². The molecular formula is C18H25F3N2O3. The fourth-order valence-electron chi connectivity index (χ4n) is 3.04. The van der Waals surface area contributed by atoms with Crippen LogP contribution in [0.3, 0.4) is 0 Å². The quantitative estimate of drug-likeness (QED) is 0.797. The lowest BCUT2D eigenvalue weighted by atomic mass is 9.96. The third kappa shape index (κ3) is 6.09. The van der Waals surface area contributed by atoms with Gasteiger partial charge in [0.05, 0.1) is 20.3 Å². The molecule has 0 saturated carbocycles. The highest BCUT2D eigenvalue weighted by Gasteiger charge is 2.33. The van der Waals surface area contributed by atoms with E-state index in [0.29, 0.717) is 37.5 Å². The second kappa shape index (κ2) is 9.12. The molecule has 1 aliphatic heterocycles. The average Bonchev–Trinajstić information content (AvgIpc) is 2.60. The molecule has 1 saturated heterocycles. The third-order valence-corrected chi connectivity index (χ3v) is 4.36. The molecule has 1 aromatic rings. The van der Waals surface area contributed by atoms with Crippen molar-refractivity contribution in [3.05, 3.63) is 23.8 Å². The summed E-state index contributed by atoms with van der Waals surface area (Å²) in [6.07, 6.45) is -3.31. The van der Waals surface area contributed by atoms with Gasteiger partial charge in [0, 0.05) is 12.5 Å². The number of benzene rings is 1. The van der Waals surface area contributed by atoms with E-state index < -0.39 is 12.7 Å². The van der Waals surface area contributed by atoms with E-state index in [1.807, 2.05) is 13.0 Å². The molecular weight excluding hydrogens is 349 g/mol. The van der Waals surface area contributed by atoms with Crippen LogP contribution >= 0.6 is 0 Å². The van der Waals surface area contributed by atoms with Gasteiger partial charge in [-0.1, -0.05) is 6.07 Å². The Labute approximate surface area is 151 Å². The Hall–Kier alpha value is -1.96. The van der Waals surface area contributed by atoms with Crippen LogP contribution in [0.15, 0.2) is 18.2 Å². The SMILES string of the molecule is CCOc1ccc(CNC(=O)C2CCN(CC(F)(F)F)CC2)cc1OC. The number of nitrogens with zero attached hydrogens (tertiary/aromatic N) is 1. The Balaban J connectivity index is 1.82. The Morgan fingerprint density at radius 1 is 1.27 bits per heavy atom. The van der Waals surface area contributed by atoms with Crippen LogP contribution in [0.1, 0.15) is 25.3 Å². The number of ether oxygens (including phenoxy) is 2. The Bertz CT molecular complexity index is 600. The predicted octanol–water partition coefficient (Wildman–Crippen LogP) is 2.98. The van der Waals surface area contributed by atoms with E-state index in [2.05, 4.69) is 5.32 Å². The Morgan fingerprint density at radius 2 is 1.96 bits per heavy atom. The van der Waals surface area contributed by atoms with Crippen molar-refractivity contribution in [3.8, 4) is 11.5 Å². The number of nitrogens with one attached hydrogen (secondary N) is 1. The molecule has 0 aliphatic carbocycles. The first-order valence-electron chi connectivity index (χ1n) is 8.69. The molecule has 1 amide bonds. The van der Waals surface area contributed by atoms with Gasteiger partial charge in [-0.15, -0.1) is 0 Å². The fraction of sp³-hybridized carbons (Fsp3) is 0.611. The molecule has 0 radical (unpaired) electrons. The summed E-state index contributed by atoms with van der Waals surface area (Å²) in [6, 6.07) is 5.44. The Morgan fingerprint density at radius 3 is 2.54 bits per heavy atom. The van der Waals surface area contributed by atoms with Crippen molar-refractivity contribution in [1.29, 1.82) is 0 Å². The molecule has 1 N–H and O–H groups in total. The second-order valence-electron chi connectivity index (χ2n) is 6.30. The molecule has 26 heavy (non-hydrogen) atoms. The van der Waals surface area contributed by atoms with Crippen molar-refractivity contribution < 1.29 is 27.4 Å². The number of hydrogen-bond donors (Lipinski definition) is 1. The number of rotatable bonds is 7. The van der Waals surface area contributed by atoms with Crippen LogP contribution in [-0.2, 0) is 11.3 Å². The lowest BCUT2D eigenvalue weighted by Gasteiger charge is -2.31. The third-order valence-electron chi connectivity index (χ3n) is 4.36. The minimum atomic E-state index is -4.19. The maximum absolute atomic E-state index is 12.4. The van der Waals surface area contributed by atoms with Crippen molar-refractivity contribution in [2.24, 2.45) is 5.92 Å². The summed E-state index contributed by atoms with van der Waals surface area (Å²) in [5, 5.41) is 2.86. The van der Waals surface area contributed by atoms with Crippen molar-refractivity contribution in [2.75, 3.05) is 33.4 Å². The summed E-state index contributed by atoms with van der Waals surface area (Å²) in [6.45, 7) is 2.41. The zero-order chi connectivity index (χ0) is 19.2. The lowest BCUT2D eigenvalue weighted by molar-refractivity contribution is -0.149. The summed E-state index contributed by atoms with van der Waals surface area (Å²) < 4.78 is 47.9. The number of likely N-dealkylation sites (tertiary alicyclic amines) is 1. The van der Waals surface area contributed by atoms with Gasteiger partial charge in [-0.05, 0) is 50.6 Å². The molecule has 146 valence electrons. The zero-order valence-corrected chi connectivity index (χ0v) is 15.1. The maximum Gasteiger partial charge on any atom is 0.401 e. The second-order valence-corrected chi connectivity index (χ2v) is 6.30. The van der Waals surface area contributed by atoms with Crippen molar-refractivity contribution in [3.63, 3.8) is 0 Å². The monoisotopic (exact) mass is 374 g/mol. The van der Waals surface area contributed by atoms with Gasteiger partial charge < -0.3 is 14.8 Å². The molecule has 5 nitrogen and oxygen atoms in total. The number of amides is 1. The summed E-state index contributed by atoms with van der Waals surface area (Å²) >= 11 is 0. The molecule has 0 aromatic heterocycles. The number of methoxy groups -OCH3 is 1. The van der Waals surface area contributed by atoms with Crippen molar-refractivity contribution in [2.45, 2.75) is 32.5 Å². The van der Waals surface area contributed by atoms with Crippen LogP contribution in [-0.4, -0.2) is 50.3 Å². The number of carbonyl (C=O) groups is 1. The van der Waals surface area contributed by atoms with E-state index >= 15 is 0 Å². The first-order chi connectivity index (χ1) is 12.3. The van der Waals surface area contributed by atoms with Crippen molar-refractivity contribution >= 4 is 5.91 Å². The predicted molar refractivity (Wildman–Crippen MR) is 91.2 cm³/mol. The highest BCUT2D eigenvalue weighted by molar-refractivity contribution is 5.78. The summed E-state index contributed by atoms with van der Waals surface area (Å²) in [7, 11) is 1.55. The molecule has 1 aromatic carbocycles. The van der Waals surface area contributed by atoms with Gasteiger partial charge in [-0.3, -0.25) is 9.69 Å². The smallest absolute Gasteiger partial charge is 0.401 e. The first-order valence-corrected chi connectivity index (χ1v) is 8.69. The number of alkyl halides is 3.